The highest BCUT2D eigenvalue weighted by Gasteiger charge is 2.38. The fourth-order valence-corrected chi connectivity index (χ4v) is 14.1. The van der Waals surface area contributed by atoms with Crippen molar-refractivity contribution in [3.63, 3.8) is 0 Å². The number of hydrogen-bond donors (Lipinski definition) is 0. The van der Waals surface area contributed by atoms with Gasteiger partial charge in [-0.25, -0.2) is 0 Å². The molecule has 6 aromatic carbocycles. The minimum absolute atomic E-state index is 0.0110. The van der Waals surface area contributed by atoms with E-state index < -0.39 is 7.32 Å². The Balaban J connectivity index is 0.000000211. The van der Waals surface area contributed by atoms with Crippen molar-refractivity contribution in [2.24, 2.45) is 0 Å². The van der Waals surface area contributed by atoms with Gasteiger partial charge in [0, 0.05) is 16.7 Å². The van der Waals surface area contributed by atoms with Gasteiger partial charge in [-0.1, -0.05) is 144 Å². The highest BCUT2D eigenvalue weighted by molar-refractivity contribution is 6.24. The van der Waals surface area contributed by atoms with E-state index in [9.17, 15) is 0 Å². The van der Waals surface area contributed by atoms with Gasteiger partial charge >= 0.3 is 63.6 Å². The quantitative estimate of drug-likeness (QED) is 0.113. The first-order valence-corrected chi connectivity index (χ1v) is 24.8. The van der Waals surface area contributed by atoms with Crippen molar-refractivity contribution in [2.75, 3.05) is 0 Å². The lowest BCUT2D eigenvalue weighted by atomic mass is 10.0. The fraction of sp³-hybridized carbons (Fsp3) is 0.250. The van der Waals surface area contributed by atoms with Gasteiger partial charge in [-0.05, 0) is 98.7 Å². The molecule has 55 heavy (non-hydrogen) atoms. The SMILES string of the molecule is Cc1ccc([I+]C(C)(C)c2ccccc2)cc1.Cc1ccc([I+]C(C)(C)c2ccccc2)cc1.Cc1ccc([I+]C(C)(C)c2ccccc2)cc1.[O-]B([O-])[O-]. The van der Waals surface area contributed by atoms with E-state index in [-0.39, 0.29) is 63.6 Å². The van der Waals surface area contributed by atoms with Crippen molar-refractivity contribution in [1.82, 2.24) is 0 Å². The third-order valence-corrected chi connectivity index (χ3v) is 18.4. The van der Waals surface area contributed by atoms with E-state index >= 15 is 0 Å². The molecule has 3 nitrogen and oxygen atoms in total. The molecule has 0 N–H and O–H groups in total. The lowest BCUT2D eigenvalue weighted by Gasteiger charge is -2.35. The third kappa shape index (κ3) is 17.6. The van der Waals surface area contributed by atoms with Crippen LogP contribution in [-0.4, -0.2) is 7.32 Å². The number of benzene rings is 6. The van der Waals surface area contributed by atoms with E-state index in [0.717, 1.165) is 0 Å². The minimum Gasteiger partial charge on any atom is -0.907 e. The smallest absolute Gasteiger partial charge is 0.324 e. The molecule has 0 aliphatic carbocycles. The number of hydrogen-bond acceptors (Lipinski definition) is 3. The van der Waals surface area contributed by atoms with E-state index in [2.05, 4.69) is 226 Å². The van der Waals surface area contributed by atoms with Gasteiger partial charge in [0.05, 0.1) is 0 Å². The van der Waals surface area contributed by atoms with E-state index in [1.54, 1.807) is 0 Å². The first-order chi connectivity index (χ1) is 26.0. The van der Waals surface area contributed by atoms with Crippen LogP contribution in [0.2, 0.25) is 0 Å². The lowest BCUT2D eigenvalue weighted by molar-refractivity contribution is -0.705. The fourth-order valence-electron chi connectivity index (χ4n) is 5.27. The maximum atomic E-state index is 8.42. The van der Waals surface area contributed by atoms with Crippen molar-refractivity contribution in [3.05, 3.63) is 208 Å². The minimum atomic E-state index is -2.92. The molecule has 0 saturated carbocycles. The normalized spacial score (nSPS) is 11.1. The Hall–Kier alpha value is -2.55. The van der Waals surface area contributed by atoms with Crippen molar-refractivity contribution in [1.29, 1.82) is 0 Å². The maximum Gasteiger partial charge on any atom is 0.324 e. The summed E-state index contributed by atoms with van der Waals surface area (Å²) in [6.07, 6.45) is 0. The summed E-state index contributed by atoms with van der Waals surface area (Å²) in [6, 6.07) is 59.6. The molecule has 6 aromatic rings. The monoisotopic (exact) mass is 1070 g/mol. The molecule has 0 bridgehead atoms. The molecule has 0 radical (unpaired) electrons. The number of rotatable bonds is 9. The summed E-state index contributed by atoms with van der Waals surface area (Å²) in [4.78, 5) is 0. The van der Waals surface area contributed by atoms with Crippen LogP contribution in [0.3, 0.4) is 0 Å². The Bertz CT molecular complexity index is 1700. The molecule has 0 unspecified atom stereocenters. The van der Waals surface area contributed by atoms with Crippen LogP contribution in [0.1, 0.15) is 74.9 Å². The Labute approximate surface area is 363 Å². The highest BCUT2D eigenvalue weighted by atomic mass is 127. The van der Waals surface area contributed by atoms with Gasteiger partial charge in [0.15, 0.2) is 21.0 Å². The molecule has 0 amide bonds. The zero-order valence-corrected chi connectivity index (χ0v) is 40.0. The van der Waals surface area contributed by atoms with Crippen LogP contribution in [0.5, 0.6) is 0 Å². The Morgan fingerprint density at radius 3 is 0.691 bits per heavy atom. The molecule has 6 rings (SSSR count). The molecule has 0 heterocycles. The number of alkyl halides is 3. The summed E-state index contributed by atoms with van der Waals surface area (Å²) < 4.78 is 5.45. The molecule has 0 aliphatic rings. The average Bonchev–Trinajstić information content (AvgIpc) is 3.16. The number of aryl methyl sites for hydroxylation is 3. The third-order valence-electron chi connectivity index (χ3n) is 8.45. The van der Waals surface area contributed by atoms with E-state index in [1.807, 2.05) is 0 Å². The van der Waals surface area contributed by atoms with Gasteiger partial charge in [0.1, 0.15) is 0 Å². The van der Waals surface area contributed by atoms with Gasteiger partial charge in [-0.2, -0.15) is 0 Å². The van der Waals surface area contributed by atoms with Crippen molar-refractivity contribution < 1.29 is 78.7 Å². The summed E-state index contributed by atoms with van der Waals surface area (Å²) in [5, 5.41) is 25.2. The lowest BCUT2D eigenvalue weighted by Crippen LogP contribution is -3.66. The molecule has 288 valence electrons. The van der Waals surface area contributed by atoms with E-state index in [0.29, 0.717) is 10.3 Å². The first kappa shape index (κ1) is 46.8. The summed E-state index contributed by atoms with van der Waals surface area (Å²) in [6.45, 7) is 20.6. The maximum absolute atomic E-state index is 8.42. The van der Waals surface area contributed by atoms with Gasteiger partial charge in [-0.3, -0.25) is 7.32 Å². The largest absolute Gasteiger partial charge is 0.907 e. The Morgan fingerprint density at radius 2 is 0.509 bits per heavy atom. The molecule has 0 aromatic heterocycles. The zero-order chi connectivity index (χ0) is 40.5. The molecule has 0 fully saturated rings. The molecular formula is C48H54BI3O3. The second-order valence-corrected chi connectivity index (χ2v) is 27.9. The van der Waals surface area contributed by atoms with Crippen molar-refractivity contribution >= 4 is 7.32 Å². The molecule has 0 atom stereocenters. The van der Waals surface area contributed by atoms with E-state index in [4.69, 9.17) is 15.1 Å². The summed E-state index contributed by atoms with van der Waals surface area (Å²) >= 11 is -0.0331. The van der Waals surface area contributed by atoms with Gasteiger partial charge in [0.25, 0.3) is 0 Å². The summed E-state index contributed by atoms with van der Waals surface area (Å²) in [7, 11) is -2.92. The van der Waals surface area contributed by atoms with Crippen LogP contribution in [0, 0.1) is 31.5 Å². The van der Waals surface area contributed by atoms with Crippen LogP contribution >= 0.6 is 0 Å². The van der Waals surface area contributed by atoms with Crippen LogP contribution in [0.15, 0.2) is 164 Å². The van der Waals surface area contributed by atoms with Crippen molar-refractivity contribution in [2.45, 2.75) is 72.6 Å². The van der Waals surface area contributed by atoms with Gasteiger partial charge < -0.3 is 15.1 Å². The Morgan fingerprint density at radius 1 is 0.327 bits per heavy atom. The highest BCUT2D eigenvalue weighted by Crippen LogP contribution is 2.14. The summed E-state index contributed by atoms with van der Waals surface area (Å²) in [5.74, 6) is 0. The second kappa shape index (κ2) is 23.0. The average molecular weight is 1070 g/mol. The van der Waals surface area contributed by atoms with Crippen molar-refractivity contribution in [3.8, 4) is 0 Å². The molecule has 0 spiro atoms. The molecule has 0 saturated heterocycles. The van der Waals surface area contributed by atoms with Gasteiger partial charge in [0.2, 0.25) is 0 Å². The zero-order valence-electron chi connectivity index (χ0n) is 33.5. The predicted molar refractivity (Wildman–Crippen MR) is 214 cm³/mol. The predicted octanol–water partition coefficient (Wildman–Crippen LogP) is -0.381. The van der Waals surface area contributed by atoms with Crippen LogP contribution in [-0.2, 0) is 10.3 Å². The van der Waals surface area contributed by atoms with Crippen LogP contribution in [0.25, 0.3) is 0 Å². The summed E-state index contributed by atoms with van der Waals surface area (Å²) in [5.41, 5.74) is 8.39. The standard InChI is InChI=1S/3C16H18I.BO3/c3*1-13-9-11-15(12-10-13)17-16(2,3)14-7-5-4-6-8-14;2-1(3)4/h3*4-12H,1-3H3;/q3*+1;-3. The molecular weight excluding hydrogens is 1020 g/mol. The second-order valence-electron chi connectivity index (χ2n) is 14.5. The molecule has 7 heteroatoms. The van der Waals surface area contributed by atoms with Gasteiger partial charge in [-0.15, -0.1) is 0 Å². The topological polar surface area (TPSA) is 69.2 Å². The van der Waals surface area contributed by atoms with Crippen LogP contribution in [0.4, 0.5) is 0 Å². The first-order valence-electron chi connectivity index (χ1n) is 18.3. The molecule has 0 aliphatic heterocycles. The number of halogens is 3. The Kier molecular flexibility index (Phi) is 19.6. The van der Waals surface area contributed by atoms with E-state index in [1.165, 1.54) is 44.1 Å². The van der Waals surface area contributed by atoms with Crippen LogP contribution < -0.4 is 78.7 Å².